The first-order valence-electron chi connectivity index (χ1n) is 14.1. The van der Waals surface area contributed by atoms with Crippen molar-refractivity contribution in [3.63, 3.8) is 0 Å². The van der Waals surface area contributed by atoms with Crippen molar-refractivity contribution in [3.8, 4) is 5.75 Å². The zero-order valence-electron chi connectivity index (χ0n) is 23.1. The molecule has 44 heavy (non-hydrogen) atoms. The Morgan fingerprint density at radius 2 is 1.52 bits per heavy atom. The van der Waals surface area contributed by atoms with E-state index < -0.39 is 70.1 Å². The molecule has 0 aromatic heterocycles. The quantitative estimate of drug-likeness (QED) is 0.265. The molecular formula is C33H24Cl2F2N2O5. The summed E-state index contributed by atoms with van der Waals surface area (Å²) >= 11 is 12.0. The van der Waals surface area contributed by atoms with Gasteiger partial charge in [-0.3, -0.25) is 24.1 Å². The Balaban J connectivity index is 1.37. The number of halogens is 4. The second-order valence-electron chi connectivity index (χ2n) is 12.0. The monoisotopic (exact) mass is 636 g/mol. The van der Waals surface area contributed by atoms with Crippen LogP contribution in [0.25, 0.3) is 0 Å². The average molecular weight is 637 g/mol. The van der Waals surface area contributed by atoms with Crippen LogP contribution in [0.3, 0.4) is 0 Å². The number of aromatic hydroxyl groups is 1. The largest absolute Gasteiger partial charge is 0.505 e. The van der Waals surface area contributed by atoms with Gasteiger partial charge in [-0.15, -0.1) is 0 Å². The number of allylic oxidation sites excluding steroid dienone is 2. The molecule has 3 aromatic carbocycles. The van der Waals surface area contributed by atoms with Crippen LogP contribution in [0.4, 0.5) is 20.2 Å². The molecule has 2 aliphatic heterocycles. The lowest BCUT2D eigenvalue weighted by Gasteiger charge is -2.49. The molecule has 6 atom stereocenters. The van der Waals surface area contributed by atoms with Gasteiger partial charge in [0.25, 0.3) is 0 Å². The van der Waals surface area contributed by atoms with E-state index in [1.54, 1.807) is 31.2 Å². The number of nitrogens with zero attached hydrogens (tertiary/aromatic N) is 2. The maximum absolute atomic E-state index is 14.8. The predicted octanol–water partition coefficient (Wildman–Crippen LogP) is 6.41. The normalized spacial score (nSPS) is 29.5. The maximum atomic E-state index is 14.8. The van der Waals surface area contributed by atoms with Gasteiger partial charge in [-0.1, -0.05) is 40.9 Å². The zero-order chi connectivity index (χ0) is 31.2. The van der Waals surface area contributed by atoms with Gasteiger partial charge >= 0.3 is 0 Å². The van der Waals surface area contributed by atoms with Crippen molar-refractivity contribution < 1.29 is 33.1 Å². The molecule has 7 rings (SSSR count). The van der Waals surface area contributed by atoms with Crippen LogP contribution in [0.5, 0.6) is 5.75 Å². The number of amides is 4. The molecule has 6 unspecified atom stereocenters. The molecular weight excluding hydrogens is 613 g/mol. The number of rotatable bonds is 3. The van der Waals surface area contributed by atoms with E-state index in [1.807, 2.05) is 6.08 Å². The Morgan fingerprint density at radius 1 is 0.818 bits per heavy atom. The number of benzene rings is 3. The molecule has 11 heteroatoms. The molecule has 0 spiro atoms. The van der Waals surface area contributed by atoms with Crippen molar-refractivity contribution >= 4 is 58.2 Å². The van der Waals surface area contributed by atoms with E-state index in [0.29, 0.717) is 21.8 Å². The zero-order valence-corrected chi connectivity index (χ0v) is 24.7. The average Bonchev–Trinajstić information content (AvgIpc) is 3.36. The van der Waals surface area contributed by atoms with Crippen molar-refractivity contribution in [2.24, 2.45) is 29.1 Å². The minimum atomic E-state index is -1.43. The number of phenols is 1. The number of hydrogen-bond acceptors (Lipinski definition) is 5. The minimum Gasteiger partial charge on any atom is -0.505 e. The fraction of sp³-hybridized carbons (Fsp3) is 0.273. The Labute approximate surface area is 260 Å². The van der Waals surface area contributed by atoms with Crippen LogP contribution in [0, 0.1) is 40.7 Å². The van der Waals surface area contributed by atoms with E-state index in [2.05, 4.69) is 0 Å². The molecule has 1 N–H and O–H groups in total. The number of imide groups is 2. The lowest BCUT2D eigenvalue weighted by Crippen LogP contribution is -2.48. The third-order valence-corrected chi connectivity index (χ3v) is 10.4. The molecule has 1 saturated carbocycles. The highest BCUT2D eigenvalue weighted by molar-refractivity contribution is 6.32. The highest BCUT2D eigenvalue weighted by Crippen LogP contribution is 2.63. The van der Waals surface area contributed by atoms with E-state index in [1.165, 1.54) is 24.3 Å². The van der Waals surface area contributed by atoms with Crippen molar-refractivity contribution in [2.45, 2.75) is 25.7 Å². The number of carbonyl (C=O) groups excluding carboxylic acids is 4. The van der Waals surface area contributed by atoms with Crippen LogP contribution in [0.1, 0.15) is 31.2 Å². The summed E-state index contributed by atoms with van der Waals surface area (Å²) in [6.45, 7) is 1.64. The highest BCUT2D eigenvalue weighted by Gasteiger charge is 2.67. The number of fused-ring (bicyclic) bond motifs is 4. The first kappa shape index (κ1) is 28.7. The maximum Gasteiger partial charge on any atom is 0.241 e. The number of carbonyl (C=O) groups is 4. The summed E-state index contributed by atoms with van der Waals surface area (Å²) in [6.07, 6.45) is 2.14. The molecule has 4 aliphatic rings. The standard InChI is InChI=1S/C33H24Cl2F2N2O5/c1-33-22(30(42)39(32(33)44)18-7-10-24(36)23(35)13-18)14-21-19(28(33)15-2-11-26(40)25(37)12-15)8-9-20-27(21)31(43)38(29(20)41)17-5-3-16(34)4-6-17/h2-8,10-13,20-22,27-28,40H,9,14H2,1H3. The smallest absolute Gasteiger partial charge is 0.241 e. The molecule has 2 heterocycles. The van der Waals surface area contributed by atoms with Crippen molar-refractivity contribution in [1.29, 1.82) is 0 Å². The summed E-state index contributed by atoms with van der Waals surface area (Å²) in [6, 6.07) is 13.7. The second-order valence-corrected chi connectivity index (χ2v) is 12.8. The Bertz CT molecular complexity index is 1830. The summed E-state index contributed by atoms with van der Waals surface area (Å²) in [5, 5.41) is 10.1. The minimum absolute atomic E-state index is 0.0873. The van der Waals surface area contributed by atoms with Gasteiger partial charge in [-0.2, -0.15) is 0 Å². The molecule has 0 radical (unpaired) electrons. The molecule has 7 nitrogen and oxygen atoms in total. The van der Waals surface area contributed by atoms with Crippen molar-refractivity contribution in [1.82, 2.24) is 0 Å². The lowest BCUT2D eigenvalue weighted by atomic mass is 9.51. The van der Waals surface area contributed by atoms with Gasteiger partial charge in [0, 0.05) is 10.9 Å². The summed E-state index contributed by atoms with van der Waals surface area (Å²) < 4.78 is 28.8. The summed E-state index contributed by atoms with van der Waals surface area (Å²) in [4.78, 5) is 58.3. The van der Waals surface area contributed by atoms with E-state index >= 15 is 0 Å². The van der Waals surface area contributed by atoms with E-state index in [9.17, 15) is 33.1 Å². The van der Waals surface area contributed by atoms with Crippen LogP contribution in [-0.2, 0) is 19.2 Å². The first-order valence-corrected chi connectivity index (χ1v) is 14.8. The van der Waals surface area contributed by atoms with E-state index in [-0.39, 0.29) is 29.5 Å². The second kappa shape index (κ2) is 9.97. The highest BCUT2D eigenvalue weighted by atomic mass is 35.5. The van der Waals surface area contributed by atoms with Gasteiger partial charge in [0.2, 0.25) is 23.6 Å². The predicted molar refractivity (Wildman–Crippen MR) is 158 cm³/mol. The molecule has 2 aliphatic carbocycles. The third-order valence-electron chi connectivity index (χ3n) is 9.83. The Morgan fingerprint density at radius 3 is 2.20 bits per heavy atom. The van der Waals surface area contributed by atoms with Gasteiger partial charge in [0.15, 0.2) is 11.6 Å². The van der Waals surface area contributed by atoms with Gasteiger partial charge in [0.05, 0.1) is 39.6 Å². The Kier molecular flexibility index (Phi) is 6.50. The van der Waals surface area contributed by atoms with Gasteiger partial charge in [-0.25, -0.2) is 13.7 Å². The fourth-order valence-corrected chi connectivity index (χ4v) is 8.11. The molecule has 224 valence electrons. The number of hydrogen-bond donors (Lipinski definition) is 1. The van der Waals surface area contributed by atoms with Crippen LogP contribution < -0.4 is 9.80 Å². The van der Waals surface area contributed by atoms with Gasteiger partial charge in [-0.05, 0) is 85.8 Å². The van der Waals surface area contributed by atoms with E-state index in [0.717, 1.165) is 21.9 Å². The number of anilines is 2. The molecule has 3 aromatic rings. The fourth-order valence-electron chi connectivity index (χ4n) is 7.81. The Hall–Kier alpha value is -4.08. The molecule has 3 fully saturated rings. The summed E-state index contributed by atoms with van der Waals surface area (Å²) in [5.74, 6) is -8.07. The van der Waals surface area contributed by atoms with Crippen LogP contribution in [0.2, 0.25) is 10.0 Å². The van der Waals surface area contributed by atoms with Crippen LogP contribution in [0.15, 0.2) is 72.3 Å². The molecule has 4 amide bonds. The van der Waals surface area contributed by atoms with Crippen LogP contribution >= 0.6 is 23.2 Å². The summed E-state index contributed by atoms with van der Waals surface area (Å²) in [5.41, 5.74) is 0.0408. The van der Waals surface area contributed by atoms with Gasteiger partial charge in [0.1, 0.15) is 5.82 Å². The molecule has 0 bridgehead atoms. The van der Waals surface area contributed by atoms with Crippen LogP contribution in [-0.4, -0.2) is 28.7 Å². The lowest BCUT2D eigenvalue weighted by molar-refractivity contribution is -0.131. The van der Waals surface area contributed by atoms with Crippen molar-refractivity contribution in [3.05, 3.63) is 99.6 Å². The first-order chi connectivity index (χ1) is 20.9. The third kappa shape index (κ3) is 3.91. The van der Waals surface area contributed by atoms with Crippen molar-refractivity contribution in [2.75, 3.05) is 9.80 Å². The SMILES string of the molecule is CC12C(=O)N(c3ccc(F)c(Cl)c3)C(=O)C1CC1C(=CCC3C(=O)N(c4ccc(Cl)cc4)C(=O)C31)C2c1ccc(O)c(F)c1. The van der Waals surface area contributed by atoms with E-state index in [4.69, 9.17) is 23.2 Å². The number of phenolic OH excluding ortho intramolecular Hbond substituents is 1. The van der Waals surface area contributed by atoms with Gasteiger partial charge < -0.3 is 5.11 Å². The molecule has 2 saturated heterocycles. The summed E-state index contributed by atoms with van der Waals surface area (Å²) in [7, 11) is 0. The topological polar surface area (TPSA) is 95.0 Å².